The SMILES string of the molecule is Cc1c(CS(=O)(=O)CC(=O)N[C@@H]2CCCC[C@@H]2C)cccc1[N+](=O)[O-]. The van der Waals surface area contributed by atoms with Crippen LogP contribution in [0.2, 0.25) is 0 Å². The highest BCUT2D eigenvalue weighted by molar-refractivity contribution is 7.91. The summed E-state index contributed by atoms with van der Waals surface area (Å²) < 4.78 is 24.7. The monoisotopic (exact) mass is 368 g/mol. The highest BCUT2D eigenvalue weighted by atomic mass is 32.2. The lowest BCUT2D eigenvalue weighted by Crippen LogP contribution is -2.43. The van der Waals surface area contributed by atoms with E-state index >= 15 is 0 Å². The maximum atomic E-state index is 12.3. The third-order valence-electron chi connectivity index (χ3n) is 4.80. The molecular weight excluding hydrogens is 344 g/mol. The highest BCUT2D eigenvalue weighted by Crippen LogP contribution is 2.24. The number of nitro benzene ring substituents is 1. The van der Waals surface area contributed by atoms with Crippen LogP contribution in [0.25, 0.3) is 0 Å². The topological polar surface area (TPSA) is 106 Å². The average molecular weight is 368 g/mol. The van der Waals surface area contributed by atoms with Crippen molar-refractivity contribution < 1.29 is 18.1 Å². The summed E-state index contributed by atoms with van der Waals surface area (Å²) in [6.07, 6.45) is 4.08. The number of nitrogens with one attached hydrogen (secondary N) is 1. The Bertz CT molecular complexity index is 760. The Morgan fingerprint density at radius 2 is 2.00 bits per heavy atom. The van der Waals surface area contributed by atoms with Crippen LogP contribution >= 0.6 is 0 Å². The highest BCUT2D eigenvalue weighted by Gasteiger charge is 2.26. The minimum Gasteiger partial charge on any atom is -0.352 e. The minimum atomic E-state index is -3.70. The summed E-state index contributed by atoms with van der Waals surface area (Å²) >= 11 is 0. The molecule has 1 aliphatic rings. The van der Waals surface area contributed by atoms with Crippen LogP contribution in [0.1, 0.15) is 43.7 Å². The van der Waals surface area contributed by atoms with E-state index in [0.717, 1.165) is 25.7 Å². The summed E-state index contributed by atoms with van der Waals surface area (Å²) in [5.74, 6) is -1.13. The zero-order chi connectivity index (χ0) is 18.6. The van der Waals surface area contributed by atoms with Crippen LogP contribution in [0, 0.1) is 23.0 Å². The molecule has 0 aliphatic heterocycles. The zero-order valence-electron chi connectivity index (χ0n) is 14.5. The van der Waals surface area contributed by atoms with Crippen molar-refractivity contribution in [3.8, 4) is 0 Å². The summed E-state index contributed by atoms with van der Waals surface area (Å²) in [4.78, 5) is 22.5. The van der Waals surface area contributed by atoms with Gasteiger partial charge in [0.25, 0.3) is 5.69 Å². The van der Waals surface area contributed by atoms with Crippen molar-refractivity contribution in [1.29, 1.82) is 0 Å². The molecule has 2 rings (SSSR count). The molecule has 1 aromatic rings. The molecule has 1 saturated carbocycles. The number of sulfone groups is 1. The van der Waals surface area contributed by atoms with E-state index in [1.165, 1.54) is 19.1 Å². The quantitative estimate of drug-likeness (QED) is 0.613. The van der Waals surface area contributed by atoms with E-state index in [2.05, 4.69) is 12.2 Å². The standard InChI is InChI=1S/C17H24N2O5S/c1-12-6-3-4-8-15(12)18-17(20)11-25(23,24)10-14-7-5-9-16(13(14)2)19(21)22/h5,7,9,12,15H,3-4,6,8,10-11H2,1-2H3,(H,18,20)/t12-,15+/m0/s1. The zero-order valence-corrected chi connectivity index (χ0v) is 15.3. The molecule has 1 aromatic carbocycles. The van der Waals surface area contributed by atoms with Crippen molar-refractivity contribution in [2.75, 3.05) is 5.75 Å². The number of carbonyl (C=O) groups excluding carboxylic acids is 1. The first-order valence-corrected chi connectivity index (χ1v) is 10.2. The van der Waals surface area contributed by atoms with E-state index in [1.54, 1.807) is 6.07 Å². The van der Waals surface area contributed by atoms with Crippen LogP contribution in [0.3, 0.4) is 0 Å². The van der Waals surface area contributed by atoms with Crippen molar-refractivity contribution in [3.05, 3.63) is 39.4 Å². The second-order valence-electron chi connectivity index (χ2n) is 6.79. The number of hydrogen-bond acceptors (Lipinski definition) is 5. The van der Waals surface area contributed by atoms with Gasteiger partial charge in [0.15, 0.2) is 9.84 Å². The third kappa shape index (κ3) is 5.26. The molecule has 8 heteroatoms. The van der Waals surface area contributed by atoms with Crippen LogP contribution in [-0.4, -0.2) is 31.0 Å². The van der Waals surface area contributed by atoms with Gasteiger partial charge in [0.2, 0.25) is 5.91 Å². The van der Waals surface area contributed by atoms with Gasteiger partial charge < -0.3 is 5.32 Å². The Morgan fingerprint density at radius 3 is 2.64 bits per heavy atom. The Kier molecular flexibility index (Phi) is 6.16. The molecule has 0 aromatic heterocycles. The van der Waals surface area contributed by atoms with Gasteiger partial charge in [-0.2, -0.15) is 0 Å². The molecule has 138 valence electrons. The van der Waals surface area contributed by atoms with E-state index in [4.69, 9.17) is 0 Å². The number of amides is 1. The van der Waals surface area contributed by atoms with Crippen LogP contribution in [0.5, 0.6) is 0 Å². The molecule has 1 fully saturated rings. The van der Waals surface area contributed by atoms with Gasteiger partial charge in [-0.05, 0) is 31.2 Å². The van der Waals surface area contributed by atoms with Gasteiger partial charge in [-0.15, -0.1) is 0 Å². The van der Waals surface area contributed by atoms with Gasteiger partial charge in [0, 0.05) is 17.7 Å². The first kappa shape index (κ1) is 19.4. The normalized spacial score (nSPS) is 20.9. The molecule has 0 bridgehead atoms. The molecule has 1 aliphatic carbocycles. The van der Waals surface area contributed by atoms with Crippen LogP contribution in [-0.2, 0) is 20.4 Å². The average Bonchev–Trinajstić information content (AvgIpc) is 2.50. The molecule has 1 amide bonds. The van der Waals surface area contributed by atoms with Crippen LogP contribution < -0.4 is 5.32 Å². The second kappa shape index (κ2) is 7.95. The van der Waals surface area contributed by atoms with Gasteiger partial charge >= 0.3 is 0 Å². The molecule has 7 nitrogen and oxygen atoms in total. The molecule has 0 saturated heterocycles. The Morgan fingerprint density at radius 1 is 1.32 bits per heavy atom. The fourth-order valence-corrected chi connectivity index (χ4v) is 4.66. The molecule has 0 unspecified atom stereocenters. The van der Waals surface area contributed by atoms with Crippen molar-refractivity contribution in [2.24, 2.45) is 5.92 Å². The van der Waals surface area contributed by atoms with Crippen LogP contribution in [0.4, 0.5) is 5.69 Å². The second-order valence-corrected chi connectivity index (χ2v) is 8.85. The Hall–Kier alpha value is -1.96. The first-order valence-electron chi connectivity index (χ1n) is 8.42. The first-order chi connectivity index (χ1) is 11.7. The van der Waals surface area contributed by atoms with E-state index in [1.807, 2.05) is 0 Å². The Balaban J connectivity index is 2.03. The van der Waals surface area contributed by atoms with E-state index in [9.17, 15) is 23.3 Å². The number of carbonyl (C=O) groups is 1. The van der Waals surface area contributed by atoms with Gasteiger partial charge in [-0.25, -0.2) is 8.42 Å². The summed E-state index contributed by atoms with van der Waals surface area (Å²) in [6, 6.07) is 4.36. The predicted molar refractivity (Wildman–Crippen MR) is 94.9 cm³/mol. The van der Waals surface area contributed by atoms with Crippen molar-refractivity contribution in [3.63, 3.8) is 0 Å². The number of rotatable bonds is 6. The van der Waals surface area contributed by atoms with E-state index < -0.39 is 26.4 Å². The van der Waals surface area contributed by atoms with E-state index in [-0.39, 0.29) is 17.5 Å². The van der Waals surface area contributed by atoms with Gasteiger partial charge in [-0.1, -0.05) is 31.9 Å². The number of benzene rings is 1. The molecule has 2 atom stereocenters. The molecule has 0 heterocycles. The largest absolute Gasteiger partial charge is 0.352 e. The Labute approximate surface area is 147 Å². The van der Waals surface area contributed by atoms with Crippen LogP contribution in [0.15, 0.2) is 18.2 Å². The van der Waals surface area contributed by atoms with Gasteiger partial charge in [-0.3, -0.25) is 14.9 Å². The van der Waals surface area contributed by atoms with Gasteiger partial charge in [0.1, 0.15) is 5.75 Å². The van der Waals surface area contributed by atoms with Crippen molar-refractivity contribution >= 4 is 21.4 Å². The van der Waals surface area contributed by atoms with Gasteiger partial charge in [0.05, 0.1) is 10.7 Å². The van der Waals surface area contributed by atoms with E-state index in [0.29, 0.717) is 17.0 Å². The predicted octanol–water partition coefficient (Wildman–Crippen LogP) is 2.51. The smallest absolute Gasteiger partial charge is 0.272 e. The maximum Gasteiger partial charge on any atom is 0.272 e. The van der Waals surface area contributed by atoms with Crippen molar-refractivity contribution in [1.82, 2.24) is 5.32 Å². The minimum absolute atomic E-state index is 0.0241. The lowest BCUT2D eigenvalue weighted by atomic mass is 9.86. The molecular formula is C17H24N2O5S. The lowest BCUT2D eigenvalue weighted by Gasteiger charge is -2.29. The summed E-state index contributed by atoms with van der Waals surface area (Å²) in [5, 5.41) is 13.8. The fourth-order valence-electron chi connectivity index (χ4n) is 3.29. The molecule has 0 spiro atoms. The molecule has 1 N–H and O–H groups in total. The third-order valence-corrected chi connectivity index (χ3v) is 6.25. The molecule has 0 radical (unpaired) electrons. The molecule has 25 heavy (non-hydrogen) atoms. The number of hydrogen-bond donors (Lipinski definition) is 1. The maximum absolute atomic E-state index is 12.3. The van der Waals surface area contributed by atoms with Crippen molar-refractivity contribution in [2.45, 2.75) is 51.3 Å². The number of nitro groups is 1. The fraction of sp³-hybridized carbons (Fsp3) is 0.588. The lowest BCUT2D eigenvalue weighted by molar-refractivity contribution is -0.385. The summed E-state index contributed by atoms with van der Waals surface area (Å²) in [7, 11) is -3.70. The number of nitrogens with zero attached hydrogens (tertiary/aromatic N) is 1. The summed E-state index contributed by atoms with van der Waals surface area (Å²) in [6.45, 7) is 3.58. The summed E-state index contributed by atoms with van der Waals surface area (Å²) in [5.41, 5.74) is 0.554.